The van der Waals surface area contributed by atoms with Crippen LogP contribution in [-0.4, -0.2) is 96.7 Å². The lowest BCUT2D eigenvalue weighted by Gasteiger charge is -2.21. The largest absolute Gasteiger partial charge is 0.472 e. The van der Waals surface area contributed by atoms with Crippen LogP contribution in [0.25, 0.3) is 0 Å². The van der Waals surface area contributed by atoms with Crippen LogP contribution in [0.2, 0.25) is 0 Å². The molecule has 0 radical (unpaired) electrons. The van der Waals surface area contributed by atoms with Crippen molar-refractivity contribution in [3.63, 3.8) is 0 Å². The third kappa shape index (κ3) is 64.1. The number of aliphatic hydroxyl groups excluding tert-OH is 1. The number of carbonyl (C=O) groups is 4. The van der Waals surface area contributed by atoms with E-state index in [0.29, 0.717) is 31.6 Å². The summed E-state index contributed by atoms with van der Waals surface area (Å²) in [6, 6.07) is 0. The van der Waals surface area contributed by atoms with E-state index in [9.17, 15) is 43.2 Å². The van der Waals surface area contributed by atoms with E-state index in [4.69, 9.17) is 37.0 Å². The summed E-state index contributed by atoms with van der Waals surface area (Å²) >= 11 is 0. The van der Waals surface area contributed by atoms with Gasteiger partial charge in [-0.15, -0.1) is 0 Å². The molecular weight excluding hydrogens is 1210 g/mol. The normalized spacial score (nSPS) is 14.8. The van der Waals surface area contributed by atoms with Gasteiger partial charge in [0.05, 0.1) is 26.4 Å². The molecule has 17 nitrogen and oxygen atoms in total. The predicted octanol–water partition coefficient (Wildman–Crippen LogP) is 20.9. The highest BCUT2D eigenvalue weighted by molar-refractivity contribution is 7.47. The molecule has 0 heterocycles. The summed E-state index contributed by atoms with van der Waals surface area (Å²) in [5.41, 5.74) is 0. The molecule has 0 bridgehead atoms. The Morgan fingerprint density at radius 3 is 0.772 bits per heavy atom. The average Bonchev–Trinajstić information content (AvgIpc) is 3.63. The summed E-state index contributed by atoms with van der Waals surface area (Å²) < 4.78 is 68.4. The zero-order valence-corrected chi connectivity index (χ0v) is 62.0. The minimum atomic E-state index is -4.96. The number of phosphoric acid groups is 2. The maximum Gasteiger partial charge on any atom is 0.472 e. The van der Waals surface area contributed by atoms with Crippen LogP contribution in [0.5, 0.6) is 0 Å². The second kappa shape index (κ2) is 62.6. The number of ether oxygens (including phenoxy) is 4. The van der Waals surface area contributed by atoms with Crippen LogP contribution in [0, 0.1) is 23.7 Å². The van der Waals surface area contributed by atoms with Crippen molar-refractivity contribution in [1.82, 2.24) is 0 Å². The molecule has 0 aliphatic carbocycles. The standard InChI is InChI=1S/C73H142O17P2/c1-9-65(7)51-43-35-26-19-15-13-11-12-14-16-22-29-39-47-55-72(77)89-68(59-83-70(75)53-45-37-28-21-18-17-20-27-36-44-52-66(8)10-2)61-87-91(79,80)85-57-67(74)58-86-92(81,82)88-62-69(60-84-71(76)54-46-38-32-31-34-42-50-64(5)6)90-73(78)56-48-40-30-24-23-25-33-41-49-63(3)4/h63-69,74H,9-62H2,1-8H3,(H,79,80)(H,81,82)/t65?,66?,67-,68-,69-/m1/s1. The molecule has 3 N–H and O–H groups in total. The van der Waals surface area contributed by atoms with Gasteiger partial charge in [0.2, 0.25) is 0 Å². The zero-order valence-electron chi connectivity index (χ0n) is 60.2. The van der Waals surface area contributed by atoms with Gasteiger partial charge in [0.25, 0.3) is 0 Å². The predicted molar refractivity (Wildman–Crippen MR) is 372 cm³/mol. The third-order valence-corrected chi connectivity index (χ3v) is 19.4. The van der Waals surface area contributed by atoms with Crippen molar-refractivity contribution < 1.29 is 80.2 Å². The Morgan fingerprint density at radius 2 is 0.522 bits per heavy atom. The second-order valence-electron chi connectivity index (χ2n) is 27.8. The van der Waals surface area contributed by atoms with E-state index in [1.54, 1.807) is 0 Å². The fraction of sp³-hybridized carbons (Fsp3) is 0.945. The molecule has 0 aromatic carbocycles. The van der Waals surface area contributed by atoms with E-state index >= 15 is 0 Å². The molecule has 0 spiro atoms. The van der Waals surface area contributed by atoms with Crippen LogP contribution in [0.3, 0.4) is 0 Å². The molecule has 92 heavy (non-hydrogen) atoms. The van der Waals surface area contributed by atoms with E-state index in [1.807, 2.05) is 0 Å². The summed E-state index contributed by atoms with van der Waals surface area (Å²) in [6.07, 6.45) is 45.9. The number of aliphatic hydroxyl groups is 1. The number of carbonyl (C=O) groups excluding carboxylic acids is 4. The highest BCUT2D eigenvalue weighted by atomic mass is 31.2. The summed E-state index contributed by atoms with van der Waals surface area (Å²) in [6.45, 7) is 14.1. The van der Waals surface area contributed by atoms with Crippen LogP contribution in [0.1, 0.15) is 364 Å². The van der Waals surface area contributed by atoms with Crippen molar-refractivity contribution in [3.8, 4) is 0 Å². The van der Waals surface area contributed by atoms with Gasteiger partial charge in [0, 0.05) is 25.7 Å². The molecule has 0 saturated carbocycles. The van der Waals surface area contributed by atoms with Gasteiger partial charge >= 0.3 is 39.5 Å². The minimum Gasteiger partial charge on any atom is -0.462 e. The molecule has 0 fully saturated rings. The molecule has 4 unspecified atom stereocenters. The Balaban J connectivity index is 5.24. The lowest BCUT2D eigenvalue weighted by molar-refractivity contribution is -0.161. The number of rotatable bonds is 70. The van der Waals surface area contributed by atoms with Crippen LogP contribution in [0.15, 0.2) is 0 Å². The maximum atomic E-state index is 13.1. The Hall–Kier alpha value is -1.94. The van der Waals surface area contributed by atoms with Gasteiger partial charge in [-0.05, 0) is 49.4 Å². The zero-order chi connectivity index (χ0) is 68.2. The van der Waals surface area contributed by atoms with Gasteiger partial charge in [0.1, 0.15) is 19.3 Å². The molecular formula is C73H142O17P2. The lowest BCUT2D eigenvalue weighted by atomic mass is 9.99. The molecule has 0 aliphatic rings. The molecule has 7 atom stereocenters. The number of phosphoric ester groups is 2. The molecule has 19 heteroatoms. The van der Waals surface area contributed by atoms with E-state index in [1.165, 1.54) is 161 Å². The minimum absolute atomic E-state index is 0.103. The Kier molecular flexibility index (Phi) is 61.3. The quantitative estimate of drug-likeness (QED) is 0.0222. The summed E-state index contributed by atoms with van der Waals surface area (Å²) in [4.78, 5) is 72.6. The Bertz CT molecular complexity index is 1820. The smallest absolute Gasteiger partial charge is 0.462 e. The lowest BCUT2D eigenvalue weighted by Crippen LogP contribution is -2.30. The Labute approximate surface area is 562 Å². The first kappa shape index (κ1) is 90.1. The van der Waals surface area contributed by atoms with Gasteiger partial charge < -0.3 is 33.8 Å². The summed E-state index contributed by atoms with van der Waals surface area (Å²) in [5, 5.41) is 10.6. The topological polar surface area (TPSA) is 237 Å². The first-order chi connectivity index (χ1) is 44.2. The van der Waals surface area contributed by atoms with Crippen molar-refractivity contribution in [3.05, 3.63) is 0 Å². The number of unbranched alkanes of at least 4 members (excludes halogenated alkanes) is 34. The van der Waals surface area contributed by atoms with E-state index in [-0.39, 0.29) is 25.7 Å². The van der Waals surface area contributed by atoms with E-state index in [2.05, 4.69) is 55.4 Å². The fourth-order valence-electron chi connectivity index (χ4n) is 11.0. The van der Waals surface area contributed by atoms with Crippen molar-refractivity contribution >= 4 is 39.5 Å². The van der Waals surface area contributed by atoms with Crippen LogP contribution in [-0.2, 0) is 65.4 Å². The monoisotopic (exact) mass is 1350 g/mol. The van der Waals surface area contributed by atoms with E-state index < -0.39 is 97.5 Å². The van der Waals surface area contributed by atoms with Crippen molar-refractivity contribution in [2.75, 3.05) is 39.6 Å². The SMILES string of the molecule is CCC(C)CCCCCCCCCCCCCCCCC(=O)O[C@H](COC(=O)CCCCCCCCCCCCC(C)CC)COP(=O)(O)OC[C@@H](O)COP(=O)(O)OC[C@@H](COC(=O)CCCCCCCCC(C)C)OC(=O)CCCCCCCCCCC(C)C. The summed E-state index contributed by atoms with van der Waals surface area (Å²) in [5.74, 6) is 0.925. The van der Waals surface area contributed by atoms with Crippen LogP contribution >= 0.6 is 15.6 Å². The Morgan fingerprint density at radius 1 is 0.304 bits per heavy atom. The first-order valence-electron chi connectivity index (χ1n) is 37.8. The first-order valence-corrected chi connectivity index (χ1v) is 40.8. The molecule has 0 rings (SSSR count). The van der Waals surface area contributed by atoms with Gasteiger partial charge in [0.15, 0.2) is 12.2 Å². The fourth-order valence-corrected chi connectivity index (χ4v) is 12.5. The molecule has 0 amide bonds. The third-order valence-electron chi connectivity index (χ3n) is 17.5. The van der Waals surface area contributed by atoms with Gasteiger partial charge in [-0.2, -0.15) is 0 Å². The number of hydrogen-bond donors (Lipinski definition) is 3. The maximum absolute atomic E-state index is 13.1. The molecule has 0 saturated heterocycles. The van der Waals surface area contributed by atoms with Crippen molar-refractivity contribution in [1.29, 1.82) is 0 Å². The molecule has 0 aliphatic heterocycles. The molecule has 0 aromatic rings. The molecule has 0 aromatic heterocycles. The van der Waals surface area contributed by atoms with Gasteiger partial charge in [-0.25, -0.2) is 9.13 Å². The highest BCUT2D eigenvalue weighted by Gasteiger charge is 2.30. The van der Waals surface area contributed by atoms with Crippen LogP contribution in [0.4, 0.5) is 0 Å². The number of hydrogen-bond acceptors (Lipinski definition) is 15. The van der Waals surface area contributed by atoms with Crippen molar-refractivity contribution in [2.45, 2.75) is 382 Å². The highest BCUT2D eigenvalue weighted by Crippen LogP contribution is 2.45. The van der Waals surface area contributed by atoms with E-state index in [0.717, 1.165) is 114 Å². The summed E-state index contributed by atoms with van der Waals surface area (Å²) in [7, 11) is -9.91. The molecule has 546 valence electrons. The van der Waals surface area contributed by atoms with Crippen molar-refractivity contribution in [2.24, 2.45) is 23.7 Å². The second-order valence-corrected chi connectivity index (χ2v) is 30.7. The van der Waals surface area contributed by atoms with Gasteiger partial charge in [-0.1, -0.05) is 312 Å². The van der Waals surface area contributed by atoms with Gasteiger partial charge in [-0.3, -0.25) is 37.3 Å². The average molecular weight is 1350 g/mol. The number of esters is 4. The van der Waals surface area contributed by atoms with Crippen LogP contribution < -0.4 is 0 Å².